The molecule has 2 rings (SSSR count). The predicted octanol–water partition coefficient (Wildman–Crippen LogP) is 1.54. The maximum absolute atomic E-state index is 11.7. The van der Waals surface area contributed by atoms with Crippen molar-refractivity contribution in [2.75, 3.05) is 21.3 Å². The Kier molecular flexibility index (Phi) is 4.32. The third-order valence-electron chi connectivity index (χ3n) is 2.93. The number of methoxy groups -OCH3 is 3. The first-order chi connectivity index (χ1) is 10.1. The molecule has 7 nitrogen and oxygen atoms in total. The van der Waals surface area contributed by atoms with Gasteiger partial charge in [-0.3, -0.25) is 5.32 Å². The summed E-state index contributed by atoms with van der Waals surface area (Å²) in [6.07, 6.45) is 0.0717. The summed E-state index contributed by atoms with van der Waals surface area (Å²) in [5.74, 6) is 0.345. The van der Waals surface area contributed by atoms with Crippen LogP contribution in [0.3, 0.4) is 0 Å². The van der Waals surface area contributed by atoms with Gasteiger partial charge >= 0.3 is 12.1 Å². The van der Waals surface area contributed by atoms with Crippen LogP contribution >= 0.6 is 0 Å². The van der Waals surface area contributed by atoms with Crippen molar-refractivity contribution in [3.05, 3.63) is 35.5 Å². The number of hydrogen-bond acceptors (Lipinski definition) is 6. The van der Waals surface area contributed by atoms with Crippen molar-refractivity contribution in [2.45, 2.75) is 6.10 Å². The quantitative estimate of drug-likeness (QED) is 0.848. The number of alkyl carbamates (subject to hydrolysis) is 1. The van der Waals surface area contributed by atoms with Crippen molar-refractivity contribution in [1.29, 1.82) is 0 Å². The number of nitrogens with one attached hydrogen (secondary N) is 1. The molecule has 0 spiro atoms. The van der Waals surface area contributed by atoms with E-state index in [1.807, 2.05) is 0 Å². The van der Waals surface area contributed by atoms with E-state index in [-0.39, 0.29) is 5.70 Å². The molecule has 0 radical (unpaired) electrons. The van der Waals surface area contributed by atoms with Crippen LogP contribution < -0.4 is 14.8 Å². The molecule has 21 heavy (non-hydrogen) atoms. The number of para-hydroxylation sites is 1. The van der Waals surface area contributed by atoms with Crippen LogP contribution in [0.1, 0.15) is 11.7 Å². The van der Waals surface area contributed by atoms with E-state index in [1.165, 1.54) is 27.4 Å². The molecule has 1 aliphatic rings. The first-order valence-corrected chi connectivity index (χ1v) is 6.09. The number of amides is 1. The zero-order valence-electron chi connectivity index (χ0n) is 11.8. The molecule has 0 aromatic heterocycles. The Hall–Kier alpha value is -2.70. The first-order valence-electron chi connectivity index (χ1n) is 6.09. The molecule has 0 fully saturated rings. The normalized spacial score (nSPS) is 16.8. The molecule has 0 bridgehead atoms. The molecule has 1 amide bonds. The fraction of sp³-hybridized carbons (Fsp3) is 0.286. The van der Waals surface area contributed by atoms with E-state index in [2.05, 4.69) is 10.1 Å². The fourth-order valence-corrected chi connectivity index (χ4v) is 1.98. The van der Waals surface area contributed by atoms with Crippen molar-refractivity contribution in [3.8, 4) is 11.5 Å². The maximum atomic E-state index is 11.7. The third-order valence-corrected chi connectivity index (χ3v) is 2.93. The average Bonchev–Trinajstić information content (AvgIpc) is 2.86. The van der Waals surface area contributed by atoms with Gasteiger partial charge in [-0.25, -0.2) is 9.59 Å². The van der Waals surface area contributed by atoms with Crippen LogP contribution in [0.4, 0.5) is 4.79 Å². The number of carbonyl (C=O) groups is 2. The van der Waals surface area contributed by atoms with Crippen molar-refractivity contribution >= 4 is 12.1 Å². The van der Waals surface area contributed by atoms with Gasteiger partial charge in [-0.15, -0.1) is 0 Å². The number of benzene rings is 1. The highest BCUT2D eigenvalue weighted by atomic mass is 16.6. The van der Waals surface area contributed by atoms with Crippen LogP contribution in [0.25, 0.3) is 0 Å². The molecule has 1 atom stereocenters. The molecular formula is C14H15NO6. The molecule has 112 valence electrons. The van der Waals surface area contributed by atoms with E-state index in [4.69, 9.17) is 14.2 Å². The van der Waals surface area contributed by atoms with E-state index in [9.17, 15) is 9.59 Å². The number of hydrogen-bond donors (Lipinski definition) is 1. The Morgan fingerprint density at radius 2 is 2.00 bits per heavy atom. The molecule has 7 heteroatoms. The Morgan fingerprint density at radius 3 is 2.62 bits per heavy atom. The van der Waals surface area contributed by atoms with Crippen molar-refractivity contribution in [2.24, 2.45) is 0 Å². The van der Waals surface area contributed by atoms with Gasteiger partial charge in [-0.2, -0.15) is 0 Å². The van der Waals surface area contributed by atoms with Gasteiger partial charge in [0.2, 0.25) is 0 Å². The van der Waals surface area contributed by atoms with Gasteiger partial charge in [0.1, 0.15) is 5.70 Å². The largest absolute Gasteiger partial charge is 0.493 e. The average molecular weight is 293 g/mol. The van der Waals surface area contributed by atoms with Gasteiger partial charge in [0, 0.05) is 5.56 Å². The fourth-order valence-electron chi connectivity index (χ4n) is 1.98. The zero-order chi connectivity index (χ0) is 15.4. The summed E-state index contributed by atoms with van der Waals surface area (Å²) >= 11 is 0. The van der Waals surface area contributed by atoms with Crippen LogP contribution in [0.15, 0.2) is 30.0 Å². The number of esters is 1. The highest BCUT2D eigenvalue weighted by molar-refractivity contribution is 5.94. The molecule has 1 heterocycles. The van der Waals surface area contributed by atoms with Crippen LogP contribution in [-0.2, 0) is 14.3 Å². The number of cyclic esters (lactones) is 1. The molecule has 0 saturated carbocycles. The van der Waals surface area contributed by atoms with Gasteiger partial charge < -0.3 is 18.9 Å². The molecule has 1 aromatic carbocycles. The molecule has 0 saturated heterocycles. The Bertz CT molecular complexity index is 595. The van der Waals surface area contributed by atoms with Crippen molar-refractivity contribution in [3.63, 3.8) is 0 Å². The molecular weight excluding hydrogens is 278 g/mol. The van der Waals surface area contributed by atoms with Gasteiger partial charge in [-0.1, -0.05) is 12.1 Å². The lowest BCUT2D eigenvalue weighted by atomic mass is 10.1. The molecule has 1 aliphatic heterocycles. The maximum Gasteiger partial charge on any atom is 0.411 e. The van der Waals surface area contributed by atoms with Crippen LogP contribution in [0.2, 0.25) is 0 Å². The lowest BCUT2D eigenvalue weighted by Crippen LogP contribution is -2.25. The van der Waals surface area contributed by atoms with E-state index >= 15 is 0 Å². The van der Waals surface area contributed by atoms with Crippen LogP contribution in [0.5, 0.6) is 11.5 Å². The Balaban J connectivity index is 2.31. The summed E-state index contributed by atoms with van der Waals surface area (Å²) < 4.78 is 20.1. The summed E-state index contributed by atoms with van der Waals surface area (Å²) in [6, 6.07) is 5.23. The lowest BCUT2D eigenvalue weighted by molar-refractivity contribution is -0.140. The molecule has 1 aromatic rings. The number of carbonyl (C=O) groups excluding carboxylic acids is 2. The van der Waals surface area contributed by atoms with Gasteiger partial charge in [0.05, 0.1) is 21.3 Å². The first kappa shape index (κ1) is 14.7. The lowest BCUT2D eigenvalue weighted by Gasteiger charge is -2.15. The zero-order valence-corrected chi connectivity index (χ0v) is 11.8. The Labute approximate surface area is 121 Å². The molecule has 1 N–H and O–H groups in total. The summed E-state index contributed by atoms with van der Waals surface area (Å²) in [5, 5.41) is 2.30. The summed E-state index contributed by atoms with van der Waals surface area (Å²) in [4.78, 5) is 22.9. The van der Waals surface area contributed by atoms with E-state index in [0.29, 0.717) is 17.1 Å². The Morgan fingerprint density at radius 1 is 1.24 bits per heavy atom. The van der Waals surface area contributed by atoms with Gasteiger partial charge in [0.25, 0.3) is 0 Å². The minimum absolute atomic E-state index is 0.0247. The monoisotopic (exact) mass is 293 g/mol. The van der Waals surface area contributed by atoms with Gasteiger partial charge in [-0.05, 0) is 12.1 Å². The van der Waals surface area contributed by atoms with Crippen molar-refractivity contribution < 1.29 is 28.5 Å². The second-order valence-electron chi connectivity index (χ2n) is 4.11. The van der Waals surface area contributed by atoms with E-state index in [1.54, 1.807) is 18.2 Å². The smallest absolute Gasteiger partial charge is 0.411 e. The van der Waals surface area contributed by atoms with Crippen molar-refractivity contribution in [1.82, 2.24) is 5.32 Å². The van der Waals surface area contributed by atoms with Crippen LogP contribution in [-0.4, -0.2) is 33.4 Å². The topological polar surface area (TPSA) is 83.1 Å². The van der Waals surface area contributed by atoms with E-state index < -0.39 is 18.2 Å². The summed E-state index contributed by atoms with van der Waals surface area (Å²) in [6.45, 7) is 0. The van der Waals surface area contributed by atoms with E-state index in [0.717, 1.165) is 0 Å². The SMILES string of the molecule is COC(=O)NC1=CC(c2cccc(OC)c2OC)OC1=O. The van der Waals surface area contributed by atoms with Gasteiger partial charge in [0.15, 0.2) is 17.6 Å². The third kappa shape index (κ3) is 2.91. The minimum atomic E-state index is -0.739. The molecule has 1 unspecified atom stereocenters. The summed E-state index contributed by atoms with van der Waals surface area (Å²) in [5.41, 5.74) is 0.642. The predicted molar refractivity (Wildman–Crippen MR) is 72.0 cm³/mol. The number of ether oxygens (including phenoxy) is 4. The second-order valence-corrected chi connectivity index (χ2v) is 4.11. The minimum Gasteiger partial charge on any atom is -0.493 e. The number of rotatable bonds is 4. The highest BCUT2D eigenvalue weighted by Crippen LogP contribution is 2.38. The standard InChI is InChI=1S/C14H15NO6/c1-18-10-6-4-5-8(12(10)19-2)11-7-9(13(16)21-11)15-14(17)20-3/h4-7,11H,1-3H3,(H,15,17). The second kappa shape index (κ2) is 6.17. The molecule has 0 aliphatic carbocycles. The summed E-state index contributed by atoms with van der Waals surface area (Å²) in [7, 11) is 4.22. The highest BCUT2D eigenvalue weighted by Gasteiger charge is 2.30. The van der Waals surface area contributed by atoms with Crippen LogP contribution in [0, 0.1) is 0 Å².